The van der Waals surface area contributed by atoms with Gasteiger partial charge in [-0.1, -0.05) is 52.3 Å². The van der Waals surface area contributed by atoms with E-state index in [1.165, 1.54) is 24.8 Å². The van der Waals surface area contributed by atoms with Gasteiger partial charge in [0.15, 0.2) is 0 Å². The molecule has 4 N–H and O–H groups in total. The van der Waals surface area contributed by atoms with E-state index in [2.05, 4.69) is 37.4 Å². The number of unbranched alkanes of at least 4 members (excludes halogenated alkanes) is 1. The summed E-state index contributed by atoms with van der Waals surface area (Å²) in [7, 11) is 0. The maximum absolute atomic E-state index is 11.7. The molecule has 190 valence electrons. The Morgan fingerprint density at radius 3 is 2.55 bits per heavy atom. The predicted molar refractivity (Wildman–Crippen MR) is 133 cm³/mol. The first kappa shape index (κ1) is 29.4. The van der Waals surface area contributed by atoms with Crippen LogP contribution in [0.25, 0.3) is 0 Å². The maximum atomic E-state index is 11.7. The Hall–Kier alpha value is -1.66. The van der Waals surface area contributed by atoms with Crippen molar-refractivity contribution in [3.05, 3.63) is 23.8 Å². The van der Waals surface area contributed by atoms with Gasteiger partial charge >= 0.3 is 5.97 Å². The summed E-state index contributed by atoms with van der Waals surface area (Å²) < 4.78 is 0. The number of rotatable bonds is 12. The van der Waals surface area contributed by atoms with Crippen molar-refractivity contribution in [3.8, 4) is 0 Å². The first-order valence-electron chi connectivity index (χ1n) is 12.9. The zero-order valence-corrected chi connectivity index (χ0v) is 21.1. The van der Waals surface area contributed by atoms with Crippen LogP contribution in [0.1, 0.15) is 91.9 Å². The standard InChI is InChI=1S/C22H37NO3.C5H10O2/c1-3-4-13-23-22(26)15-19(25)14-18(24)11-12-20-16(2)9-10-17-7-5-6-8-21(17)20;1-3-4(2)5(6)7/h7,9-10,16,18-21,24-25H,3-6,8,11-15H2,1-2H3,(H,23,26);4H,3H2,1-2H3,(H,6,7)/t16?,18-,19?,20?,21?;/m1./s1. The van der Waals surface area contributed by atoms with Gasteiger partial charge in [-0.3, -0.25) is 9.59 Å². The van der Waals surface area contributed by atoms with Crippen molar-refractivity contribution < 1.29 is 24.9 Å². The van der Waals surface area contributed by atoms with Gasteiger partial charge in [0.25, 0.3) is 0 Å². The summed E-state index contributed by atoms with van der Waals surface area (Å²) in [5, 5.41) is 31.4. The largest absolute Gasteiger partial charge is 0.481 e. The van der Waals surface area contributed by atoms with Gasteiger partial charge in [-0.05, 0) is 74.7 Å². The Morgan fingerprint density at radius 1 is 1.21 bits per heavy atom. The summed E-state index contributed by atoms with van der Waals surface area (Å²) in [5.74, 6) is 0.737. The molecule has 0 spiro atoms. The molecule has 6 heteroatoms. The van der Waals surface area contributed by atoms with Crippen LogP contribution in [0.3, 0.4) is 0 Å². The highest BCUT2D eigenvalue weighted by Crippen LogP contribution is 2.42. The van der Waals surface area contributed by atoms with Gasteiger partial charge in [-0.25, -0.2) is 0 Å². The lowest BCUT2D eigenvalue weighted by atomic mass is 9.68. The molecule has 0 aromatic rings. The Bertz CT molecular complexity index is 644. The summed E-state index contributed by atoms with van der Waals surface area (Å²) in [6, 6.07) is 0. The molecule has 0 aliphatic heterocycles. The lowest BCUT2D eigenvalue weighted by Gasteiger charge is -2.37. The first-order valence-corrected chi connectivity index (χ1v) is 12.9. The van der Waals surface area contributed by atoms with E-state index in [-0.39, 0.29) is 24.7 Å². The molecular formula is C27H47NO5. The highest BCUT2D eigenvalue weighted by molar-refractivity contribution is 5.76. The smallest absolute Gasteiger partial charge is 0.306 e. The zero-order chi connectivity index (χ0) is 24.8. The fraction of sp³-hybridized carbons (Fsp3) is 0.778. The monoisotopic (exact) mass is 465 g/mol. The SMILES string of the molecule is CCC(C)C(=O)O.CCCCNC(=O)CC(O)C[C@H](O)CCC1C(C)C=CC2=CCCCC21. The fourth-order valence-corrected chi connectivity index (χ4v) is 4.58. The normalized spacial score (nSPS) is 24.4. The number of fused-ring (bicyclic) bond motifs is 1. The van der Waals surface area contributed by atoms with Gasteiger partial charge in [-0.15, -0.1) is 0 Å². The lowest BCUT2D eigenvalue weighted by Crippen LogP contribution is -2.31. The number of aliphatic hydroxyl groups is 2. The van der Waals surface area contributed by atoms with E-state index in [1.807, 2.05) is 6.92 Å². The van der Waals surface area contributed by atoms with Gasteiger partial charge in [0.1, 0.15) is 0 Å². The summed E-state index contributed by atoms with van der Waals surface area (Å²) in [6.45, 7) is 8.57. The molecule has 1 amide bonds. The Labute approximate surface area is 200 Å². The molecule has 6 atom stereocenters. The van der Waals surface area contributed by atoms with Crippen LogP contribution in [-0.2, 0) is 9.59 Å². The minimum atomic E-state index is -0.763. The zero-order valence-electron chi connectivity index (χ0n) is 21.1. The van der Waals surface area contributed by atoms with E-state index in [0.717, 1.165) is 25.7 Å². The minimum absolute atomic E-state index is 0.0822. The molecule has 0 heterocycles. The third-order valence-corrected chi connectivity index (χ3v) is 7.00. The molecule has 6 nitrogen and oxygen atoms in total. The number of carbonyl (C=O) groups is 2. The molecule has 0 radical (unpaired) electrons. The van der Waals surface area contributed by atoms with Crippen molar-refractivity contribution in [3.63, 3.8) is 0 Å². The Kier molecular flexibility index (Phi) is 14.3. The van der Waals surface area contributed by atoms with Crippen LogP contribution >= 0.6 is 0 Å². The summed E-state index contributed by atoms with van der Waals surface area (Å²) in [6.07, 6.45) is 14.1. The van der Waals surface area contributed by atoms with E-state index in [9.17, 15) is 19.8 Å². The summed E-state index contributed by atoms with van der Waals surface area (Å²) >= 11 is 0. The molecule has 5 unspecified atom stereocenters. The van der Waals surface area contributed by atoms with Crippen molar-refractivity contribution in [2.24, 2.45) is 23.7 Å². The molecule has 0 bridgehead atoms. The highest BCUT2D eigenvalue weighted by atomic mass is 16.4. The van der Waals surface area contributed by atoms with E-state index < -0.39 is 18.2 Å². The van der Waals surface area contributed by atoms with Gasteiger partial charge in [0, 0.05) is 6.54 Å². The maximum Gasteiger partial charge on any atom is 0.306 e. The van der Waals surface area contributed by atoms with Gasteiger partial charge in [-0.2, -0.15) is 0 Å². The summed E-state index contributed by atoms with van der Waals surface area (Å²) in [5.41, 5.74) is 1.48. The van der Waals surface area contributed by atoms with Crippen LogP contribution in [-0.4, -0.2) is 45.9 Å². The second-order valence-electron chi connectivity index (χ2n) is 9.80. The predicted octanol–water partition coefficient (Wildman–Crippen LogP) is 4.85. The van der Waals surface area contributed by atoms with Crippen molar-refractivity contribution in [2.75, 3.05) is 6.54 Å². The van der Waals surface area contributed by atoms with Gasteiger partial charge in [0.2, 0.25) is 5.91 Å². The van der Waals surface area contributed by atoms with E-state index in [0.29, 0.717) is 30.7 Å². The molecule has 2 aliphatic carbocycles. The van der Waals surface area contributed by atoms with Gasteiger partial charge in [0.05, 0.1) is 24.5 Å². The third-order valence-electron chi connectivity index (χ3n) is 7.00. The second kappa shape index (κ2) is 16.0. The van der Waals surface area contributed by atoms with Crippen LogP contribution in [0, 0.1) is 23.7 Å². The third kappa shape index (κ3) is 11.3. The first-order chi connectivity index (χ1) is 15.7. The highest BCUT2D eigenvalue weighted by Gasteiger charge is 2.32. The number of aliphatic hydroxyl groups excluding tert-OH is 2. The number of carboxylic acid groups (broad SMARTS) is 1. The van der Waals surface area contributed by atoms with Crippen molar-refractivity contribution >= 4 is 11.9 Å². The minimum Gasteiger partial charge on any atom is -0.481 e. The quantitative estimate of drug-likeness (QED) is 0.308. The number of hydrogen-bond donors (Lipinski definition) is 4. The molecule has 0 aromatic heterocycles. The average Bonchev–Trinajstić information content (AvgIpc) is 2.78. The molecule has 0 fully saturated rings. The van der Waals surface area contributed by atoms with Crippen LogP contribution in [0.5, 0.6) is 0 Å². The number of nitrogens with one attached hydrogen (secondary N) is 1. The van der Waals surface area contributed by atoms with Crippen LogP contribution < -0.4 is 5.32 Å². The molecule has 2 rings (SSSR count). The molecule has 2 aliphatic rings. The van der Waals surface area contributed by atoms with Crippen molar-refractivity contribution in [1.82, 2.24) is 5.32 Å². The molecule has 0 saturated carbocycles. The van der Waals surface area contributed by atoms with Crippen LogP contribution in [0.15, 0.2) is 23.8 Å². The number of hydrogen-bond acceptors (Lipinski definition) is 4. The topological polar surface area (TPSA) is 107 Å². The number of amides is 1. The molecular weight excluding hydrogens is 418 g/mol. The molecule has 33 heavy (non-hydrogen) atoms. The number of aliphatic carboxylic acids is 1. The van der Waals surface area contributed by atoms with Gasteiger partial charge < -0.3 is 20.6 Å². The van der Waals surface area contributed by atoms with E-state index in [1.54, 1.807) is 6.92 Å². The molecule has 0 aromatic carbocycles. The number of carboxylic acids is 1. The Balaban J connectivity index is 0.000000675. The van der Waals surface area contributed by atoms with Crippen LogP contribution in [0.2, 0.25) is 0 Å². The van der Waals surface area contributed by atoms with Crippen LogP contribution in [0.4, 0.5) is 0 Å². The van der Waals surface area contributed by atoms with E-state index in [4.69, 9.17) is 5.11 Å². The van der Waals surface area contributed by atoms with Crippen molar-refractivity contribution in [2.45, 2.75) is 104 Å². The molecule has 0 saturated heterocycles. The van der Waals surface area contributed by atoms with Crippen molar-refractivity contribution in [1.29, 1.82) is 0 Å². The Morgan fingerprint density at radius 2 is 1.94 bits per heavy atom. The summed E-state index contributed by atoms with van der Waals surface area (Å²) in [4.78, 5) is 21.7. The fourth-order valence-electron chi connectivity index (χ4n) is 4.58. The second-order valence-corrected chi connectivity index (χ2v) is 9.80. The number of carbonyl (C=O) groups excluding carboxylic acids is 1. The average molecular weight is 466 g/mol. The lowest BCUT2D eigenvalue weighted by molar-refractivity contribution is -0.141. The van der Waals surface area contributed by atoms with E-state index >= 15 is 0 Å². The number of allylic oxidation sites excluding steroid dienone is 4.